The number of hydrogen-bond donors (Lipinski definition) is 0. The molecule has 2 aromatic carbocycles. The standard InChI is InChI=1S/C19H18ClN5O6/c1-3-8-24-18(21-22-23-24)11-30-19(26)12-4-6-16(17(9-12)29-2)31-15-7-5-13(20)10-14(15)25(27)28/h4-7,9-10H,3,8,11H2,1-2H3. The number of aromatic nitrogens is 4. The summed E-state index contributed by atoms with van der Waals surface area (Å²) < 4.78 is 17.7. The normalized spacial score (nSPS) is 10.5. The zero-order valence-electron chi connectivity index (χ0n) is 16.6. The highest BCUT2D eigenvalue weighted by Gasteiger charge is 2.20. The number of rotatable bonds is 9. The Bertz CT molecular complexity index is 1100. The van der Waals surface area contributed by atoms with E-state index in [9.17, 15) is 14.9 Å². The third kappa shape index (κ3) is 5.25. The molecule has 162 valence electrons. The summed E-state index contributed by atoms with van der Waals surface area (Å²) in [5.74, 6) is 0.155. The van der Waals surface area contributed by atoms with Crippen molar-refractivity contribution in [2.24, 2.45) is 0 Å². The number of carbonyl (C=O) groups is 1. The fourth-order valence-corrected chi connectivity index (χ4v) is 2.81. The maximum atomic E-state index is 12.4. The predicted molar refractivity (Wildman–Crippen MR) is 108 cm³/mol. The van der Waals surface area contributed by atoms with Gasteiger partial charge in [-0.05, 0) is 47.2 Å². The summed E-state index contributed by atoms with van der Waals surface area (Å²) in [7, 11) is 1.38. The molecule has 0 atom stereocenters. The second-order valence-electron chi connectivity index (χ2n) is 6.23. The van der Waals surface area contributed by atoms with Gasteiger partial charge in [-0.1, -0.05) is 18.5 Å². The lowest BCUT2D eigenvalue weighted by Gasteiger charge is -2.12. The molecular weight excluding hydrogens is 430 g/mol. The van der Waals surface area contributed by atoms with E-state index in [1.54, 1.807) is 4.68 Å². The number of nitrogens with zero attached hydrogens (tertiary/aromatic N) is 5. The summed E-state index contributed by atoms with van der Waals surface area (Å²) >= 11 is 5.82. The van der Waals surface area contributed by atoms with Crippen LogP contribution < -0.4 is 9.47 Å². The van der Waals surface area contributed by atoms with Gasteiger partial charge in [-0.2, -0.15) is 0 Å². The van der Waals surface area contributed by atoms with E-state index in [0.717, 1.165) is 6.42 Å². The van der Waals surface area contributed by atoms with Gasteiger partial charge in [0.15, 0.2) is 23.9 Å². The maximum Gasteiger partial charge on any atom is 0.338 e. The molecule has 0 aliphatic heterocycles. The van der Waals surface area contributed by atoms with Crippen LogP contribution in [0.2, 0.25) is 5.02 Å². The number of carbonyl (C=O) groups excluding carboxylic acids is 1. The van der Waals surface area contributed by atoms with Crippen LogP contribution in [0.1, 0.15) is 29.5 Å². The van der Waals surface area contributed by atoms with Gasteiger partial charge in [0.2, 0.25) is 5.75 Å². The number of methoxy groups -OCH3 is 1. The molecule has 12 heteroatoms. The van der Waals surface area contributed by atoms with E-state index in [1.165, 1.54) is 43.5 Å². The van der Waals surface area contributed by atoms with Crippen molar-refractivity contribution in [3.63, 3.8) is 0 Å². The minimum Gasteiger partial charge on any atom is -0.493 e. The van der Waals surface area contributed by atoms with E-state index in [4.69, 9.17) is 25.8 Å². The Kier molecular flexibility index (Phi) is 6.98. The number of halogens is 1. The molecule has 0 fully saturated rings. The number of nitro groups is 1. The van der Waals surface area contributed by atoms with Crippen LogP contribution in [0, 0.1) is 10.1 Å². The Morgan fingerprint density at radius 1 is 1.19 bits per heavy atom. The van der Waals surface area contributed by atoms with Crippen LogP contribution >= 0.6 is 11.6 Å². The van der Waals surface area contributed by atoms with Crippen molar-refractivity contribution < 1.29 is 23.9 Å². The second kappa shape index (κ2) is 9.85. The molecule has 0 amide bonds. The predicted octanol–water partition coefficient (Wildman–Crippen LogP) is 3.80. The van der Waals surface area contributed by atoms with Crippen LogP contribution in [0.5, 0.6) is 17.2 Å². The molecule has 3 aromatic rings. The molecule has 3 rings (SSSR count). The fraction of sp³-hybridized carbons (Fsp3) is 0.263. The lowest BCUT2D eigenvalue weighted by atomic mass is 10.2. The molecule has 0 unspecified atom stereocenters. The lowest BCUT2D eigenvalue weighted by Crippen LogP contribution is -2.11. The summed E-state index contributed by atoms with van der Waals surface area (Å²) in [6, 6.07) is 8.35. The Morgan fingerprint density at radius 3 is 2.68 bits per heavy atom. The van der Waals surface area contributed by atoms with Gasteiger partial charge in [-0.25, -0.2) is 9.48 Å². The van der Waals surface area contributed by atoms with Gasteiger partial charge in [0.25, 0.3) is 0 Å². The number of ether oxygens (including phenoxy) is 3. The zero-order valence-corrected chi connectivity index (χ0v) is 17.4. The second-order valence-corrected chi connectivity index (χ2v) is 6.67. The molecule has 0 aliphatic rings. The van der Waals surface area contributed by atoms with E-state index >= 15 is 0 Å². The van der Waals surface area contributed by atoms with Crippen LogP contribution in [-0.4, -0.2) is 38.2 Å². The Labute approximate surface area is 181 Å². The first kappa shape index (κ1) is 22.0. The minimum atomic E-state index is -0.617. The van der Waals surface area contributed by atoms with Crippen molar-refractivity contribution in [1.82, 2.24) is 20.2 Å². The van der Waals surface area contributed by atoms with E-state index in [2.05, 4.69) is 15.5 Å². The number of nitro benzene ring substituents is 1. The maximum absolute atomic E-state index is 12.4. The summed E-state index contributed by atoms with van der Waals surface area (Å²) in [5.41, 5.74) is -0.104. The van der Waals surface area contributed by atoms with Crippen LogP contribution in [0.4, 0.5) is 5.69 Å². The molecular formula is C19H18ClN5O6. The van der Waals surface area contributed by atoms with Crippen LogP contribution in [0.25, 0.3) is 0 Å². The summed E-state index contributed by atoms with van der Waals surface area (Å²) in [6.07, 6.45) is 0.830. The van der Waals surface area contributed by atoms with Gasteiger partial charge in [0.05, 0.1) is 17.6 Å². The molecule has 11 nitrogen and oxygen atoms in total. The fourth-order valence-electron chi connectivity index (χ4n) is 2.64. The quantitative estimate of drug-likeness (QED) is 0.273. The third-order valence-corrected chi connectivity index (χ3v) is 4.35. The molecule has 0 N–H and O–H groups in total. The van der Waals surface area contributed by atoms with Crippen molar-refractivity contribution in [2.45, 2.75) is 26.5 Å². The highest BCUT2D eigenvalue weighted by atomic mass is 35.5. The molecule has 0 bridgehead atoms. The van der Waals surface area contributed by atoms with Gasteiger partial charge < -0.3 is 14.2 Å². The molecule has 31 heavy (non-hydrogen) atoms. The van der Waals surface area contributed by atoms with E-state index in [0.29, 0.717) is 12.4 Å². The van der Waals surface area contributed by atoms with Gasteiger partial charge in [0.1, 0.15) is 0 Å². The van der Waals surface area contributed by atoms with Crippen molar-refractivity contribution in [1.29, 1.82) is 0 Å². The third-order valence-electron chi connectivity index (χ3n) is 4.11. The highest BCUT2D eigenvalue weighted by molar-refractivity contribution is 6.30. The van der Waals surface area contributed by atoms with Crippen molar-refractivity contribution in [3.05, 3.63) is 62.9 Å². The molecule has 0 spiro atoms. The lowest BCUT2D eigenvalue weighted by molar-refractivity contribution is -0.385. The zero-order chi connectivity index (χ0) is 22.4. The Hall–Kier alpha value is -3.73. The SMILES string of the molecule is CCCn1nnnc1COC(=O)c1ccc(Oc2ccc(Cl)cc2[N+](=O)[O-])c(OC)c1. The van der Waals surface area contributed by atoms with E-state index in [1.807, 2.05) is 6.92 Å². The van der Waals surface area contributed by atoms with Crippen LogP contribution in [0.3, 0.4) is 0 Å². The average Bonchev–Trinajstić information content (AvgIpc) is 3.20. The summed E-state index contributed by atoms with van der Waals surface area (Å²) in [4.78, 5) is 23.1. The van der Waals surface area contributed by atoms with Crippen molar-refractivity contribution in [3.8, 4) is 17.2 Å². The molecule has 1 aromatic heterocycles. The average molecular weight is 448 g/mol. The van der Waals surface area contributed by atoms with Crippen LogP contribution in [0.15, 0.2) is 36.4 Å². The van der Waals surface area contributed by atoms with Crippen molar-refractivity contribution in [2.75, 3.05) is 7.11 Å². The Balaban J connectivity index is 1.76. The minimum absolute atomic E-state index is 0.0224. The molecule has 0 saturated heterocycles. The molecule has 0 saturated carbocycles. The monoisotopic (exact) mass is 447 g/mol. The number of hydrogen-bond acceptors (Lipinski definition) is 9. The van der Waals surface area contributed by atoms with Crippen molar-refractivity contribution >= 4 is 23.3 Å². The van der Waals surface area contributed by atoms with Gasteiger partial charge in [-0.15, -0.1) is 5.10 Å². The smallest absolute Gasteiger partial charge is 0.338 e. The summed E-state index contributed by atoms with van der Waals surface area (Å²) in [6.45, 7) is 2.49. The first-order chi connectivity index (χ1) is 14.9. The number of esters is 1. The van der Waals surface area contributed by atoms with Gasteiger partial charge in [0, 0.05) is 17.6 Å². The van der Waals surface area contributed by atoms with E-state index < -0.39 is 10.9 Å². The highest BCUT2D eigenvalue weighted by Crippen LogP contribution is 2.38. The number of aryl methyl sites for hydroxylation is 1. The van der Waals surface area contributed by atoms with E-state index in [-0.39, 0.29) is 40.1 Å². The first-order valence-electron chi connectivity index (χ1n) is 9.15. The Morgan fingerprint density at radius 2 is 1.97 bits per heavy atom. The molecule has 0 radical (unpaired) electrons. The first-order valence-corrected chi connectivity index (χ1v) is 9.52. The van der Waals surface area contributed by atoms with Gasteiger partial charge in [-0.3, -0.25) is 10.1 Å². The summed E-state index contributed by atoms with van der Waals surface area (Å²) in [5, 5.41) is 22.7. The van der Waals surface area contributed by atoms with Gasteiger partial charge >= 0.3 is 11.7 Å². The van der Waals surface area contributed by atoms with Crippen LogP contribution in [-0.2, 0) is 17.9 Å². The molecule has 0 aliphatic carbocycles. The topological polar surface area (TPSA) is 132 Å². The molecule has 1 heterocycles. The number of benzene rings is 2. The largest absolute Gasteiger partial charge is 0.493 e. The number of tetrazole rings is 1.